The average molecular weight is 326 g/mol. The molecule has 5 heteroatoms. The molecule has 0 radical (unpaired) electrons. The predicted octanol–water partition coefficient (Wildman–Crippen LogP) is 2.27. The largest absolute Gasteiger partial charge is 0.493 e. The quantitative estimate of drug-likeness (QED) is 0.789. The molecule has 0 spiro atoms. The van der Waals surface area contributed by atoms with Gasteiger partial charge in [0.15, 0.2) is 0 Å². The van der Waals surface area contributed by atoms with Crippen LogP contribution in [-0.4, -0.2) is 30.8 Å². The number of fused-ring (bicyclic) bond motifs is 1. The Hall–Kier alpha value is -2.53. The number of aliphatic hydroxyl groups excluding tert-OH is 1. The number of nitrogens with one attached hydrogen (secondary N) is 2. The van der Waals surface area contributed by atoms with Crippen molar-refractivity contribution < 1.29 is 14.6 Å². The smallest absolute Gasteiger partial charge is 0.314 e. The van der Waals surface area contributed by atoms with Crippen LogP contribution in [0.5, 0.6) is 5.75 Å². The zero-order chi connectivity index (χ0) is 16.8. The molecule has 126 valence electrons. The molecule has 2 amide bonds. The van der Waals surface area contributed by atoms with E-state index in [-0.39, 0.29) is 18.5 Å². The fourth-order valence-electron chi connectivity index (χ4n) is 2.80. The second kappa shape index (κ2) is 7.84. The van der Waals surface area contributed by atoms with Gasteiger partial charge in [-0.25, -0.2) is 4.79 Å². The maximum absolute atomic E-state index is 11.9. The third-order valence-electron chi connectivity index (χ3n) is 4.15. The first-order valence-corrected chi connectivity index (χ1v) is 8.18. The molecule has 24 heavy (non-hydrogen) atoms. The first-order valence-electron chi connectivity index (χ1n) is 8.18. The van der Waals surface area contributed by atoms with E-state index in [0.717, 1.165) is 17.7 Å². The Bertz CT molecular complexity index is 675. The summed E-state index contributed by atoms with van der Waals surface area (Å²) >= 11 is 0. The molecule has 2 atom stereocenters. The molecule has 5 nitrogen and oxygen atoms in total. The summed E-state index contributed by atoms with van der Waals surface area (Å²) in [7, 11) is 0. The summed E-state index contributed by atoms with van der Waals surface area (Å²) in [4.78, 5) is 11.9. The highest BCUT2D eigenvalue weighted by atomic mass is 16.5. The van der Waals surface area contributed by atoms with Crippen LogP contribution in [0.15, 0.2) is 54.6 Å². The lowest BCUT2D eigenvalue weighted by atomic mass is 9.97. The Kier molecular flexibility index (Phi) is 5.33. The van der Waals surface area contributed by atoms with E-state index in [1.54, 1.807) is 0 Å². The molecule has 0 saturated heterocycles. The molecule has 0 saturated carbocycles. The summed E-state index contributed by atoms with van der Waals surface area (Å²) in [5.74, 6) is 1.19. The van der Waals surface area contributed by atoms with E-state index in [9.17, 15) is 9.90 Å². The van der Waals surface area contributed by atoms with E-state index in [2.05, 4.69) is 16.7 Å². The van der Waals surface area contributed by atoms with Crippen LogP contribution < -0.4 is 15.4 Å². The van der Waals surface area contributed by atoms with Crippen molar-refractivity contribution in [3.63, 3.8) is 0 Å². The number of carbonyl (C=O) groups is 1. The van der Waals surface area contributed by atoms with E-state index in [0.29, 0.717) is 13.2 Å². The van der Waals surface area contributed by atoms with Crippen LogP contribution in [0, 0.1) is 5.92 Å². The van der Waals surface area contributed by atoms with E-state index in [1.165, 1.54) is 5.56 Å². The van der Waals surface area contributed by atoms with Gasteiger partial charge in [-0.05, 0) is 23.6 Å². The van der Waals surface area contributed by atoms with E-state index >= 15 is 0 Å². The number of carbonyl (C=O) groups excluding carboxylic acids is 1. The molecule has 0 fully saturated rings. The standard InChI is InChI=1S/C19H22N2O3/c22-17(15-6-2-1-3-7-15)12-21-19(23)20-11-14-10-16-8-4-5-9-18(16)24-13-14/h1-9,14,17,22H,10-13H2,(H2,20,21,23)/t14-,17+/m1/s1. The number of hydrogen-bond donors (Lipinski definition) is 3. The van der Waals surface area contributed by atoms with Crippen molar-refractivity contribution in [2.75, 3.05) is 19.7 Å². The third-order valence-corrected chi connectivity index (χ3v) is 4.15. The number of amides is 2. The van der Waals surface area contributed by atoms with Crippen LogP contribution >= 0.6 is 0 Å². The van der Waals surface area contributed by atoms with Crippen molar-refractivity contribution in [1.29, 1.82) is 0 Å². The van der Waals surface area contributed by atoms with Crippen LogP contribution in [0.3, 0.4) is 0 Å². The second-order valence-corrected chi connectivity index (χ2v) is 6.01. The molecule has 1 aliphatic heterocycles. The van der Waals surface area contributed by atoms with Gasteiger partial charge in [0, 0.05) is 19.0 Å². The number of aliphatic hydroxyl groups is 1. The molecule has 0 bridgehead atoms. The van der Waals surface area contributed by atoms with E-state index in [1.807, 2.05) is 48.5 Å². The maximum atomic E-state index is 11.9. The Labute approximate surface area is 141 Å². The maximum Gasteiger partial charge on any atom is 0.314 e. The van der Waals surface area contributed by atoms with E-state index in [4.69, 9.17) is 4.74 Å². The minimum absolute atomic E-state index is 0.180. The molecule has 0 aromatic heterocycles. The number of hydrogen-bond acceptors (Lipinski definition) is 3. The third kappa shape index (κ3) is 4.26. The molecule has 3 N–H and O–H groups in total. The molecular formula is C19H22N2O3. The zero-order valence-corrected chi connectivity index (χ0v) is 13.4. The molecule has 1 heterocycles. The highest BCUT2D eigenvalue weighted by Gasteiger charge is 2.20. The molecule has 3 rings (SSSR count). The highest BCUT2D eigenvalue weighted by Crippen LogP contribution is 2.26. The number of ether oxygens (including phenoxy) is 1. The van der Waals surface area contributed by atoms with Crippen molar-refractivity contribution in [3.05, 3.63) is 65.7 Å². The Morgan fingerprint density at radius 1 is 1.12 bits per heavy atom. The fourth-order valence-corrected chi connectivity index (χ4v) is 2.80. The molecule has 2 aromatic carbocycles. The van der Waals surface area contributed by atoms with Crippen molar-refractivity contribution in [2.45, 2.75) is 12.5 Å². The van der Waals surface area contributed by atoms with Gasteiger partial charge < -0.3 is 20.5 Å². The summed E-state index contributed by atoms with van der Waals surface area (Å²) in [6, 6.07) is 17.0. The normalized spacial score (nSPS) is 17.3. The van der Waals surface area contributed by atoms with Gasteiger partial charge >= 0.3 is 6.03 Å². The van der Waals surface area contributed by atoms with Gasteiger partial charge in [-0.15, -0.1) is 0 Å². The van der Waals surface area contributed by atoms with Gasteiger partial charge in [0.05, 0.1) is 12.7 Å². The lowest BCUT2D eigenvalue weighted by Gasteiger charge is -2.25. The number of para-hydroxylation sites is 1. The predicted molar refractivity (Wildman–Crippen MR) is 91.9 cm³/mol. The van der Waals surface area contributed by atoms with Gasteiger partial charge in [-0.2, -0.15) is 0 Å². The number of benzene rings is 2. The number of urea groups is 1. The van der Waals surface area contributed by atoms with Gasteiger partial charge in [-0.3, -0.25) is 0 Å². The molecule has 0 unspecified atom stereocenters. The topological polar surface area (TPSA) is 70.6 Å². The lowest BCUT2D eigenvalue weighted by molar-refractivity contribution is 0.171. The first kappa shape index (κ1) is 16.3. The van der Waals surface area contributed by atoms with Crippen LogP contribution in [-0.2, 0) is 6.42 Å². The summed E-state index contributed by atoms with van der Waals surface area (Å²) in [5.41, 5.74) is 1.96. The highest BCUT2D eigenvalue weighted by molar-refractivity contribution is 5.73. The fraction of sp³-hybridized carbons (Fsp3) is 0.316. The minimum Gasteiger partial charge on any atom is -0.493 e. The summed E-state index contributed by atoms with van der Waals surface area (Å²) in [6.45, 7) is 1.32. The Balaban J connectivity index is 1.40. The molecule has 0 aliphatic carbocycles. The summed E-state index contributed by atoms with van der Waals surface area (Å²) in [5, 5.41) is 15.6. The van der Waals surface area contributed by atoms with Crippen LogP contribution in [0.4, 0.5) is 4.79 Å². The van der Waals surface area contributed by atoms with Crippen molar-refractivity contribution >= 4 is 6.03 Å². The van der Waals surface area contributed by atoms with Crippen molar-refractivity contribution in [2.24, 2.45) is 5.92 Å². The van der Waals surface area contributed by atoms with Gasteiger partial charge in [-0.1, -0.05) is 48.5 Å². The van der Waals surface area contributed by atoms with Gasteiger partial charge in [0.2, 0.25) is 0 Å². The molecular weight excluding hydrogens is 304 g/mol. The van der Waals surface area contributed by atoms with Gasteiger partial charge in [0.1, 0.15) is 5.75 Å². The van der Waals surface area contributed by atoms with E-state index < -0.39 is 6.10 Å². The van der Waals surface area contributed by atoms with Crippen LogP contribution in [0.2, 0.25) is 0 Å². The van der Waals surface area contributed by atoms with Crippen molar-refractivity contribution in [1.82, 2.24) is 10.6 Å². The summed E-state index contributed by atoms with van der Waals surface area (Å²) < 4.78 is 5.71. The minimum atomic E-state index is -0.707. The first-order chi connectivity index (χ1) is 11.7. The lowest BCUT2D eigenvalue weighted by Crippen LogP contribution is -2.42. The Morgan fingerprint density at radius 2 is 1.88 bits per heavy atom. The van der Waals surface area contributed by atoms with Crippen LogP contribution in [0.1, 0.15) is 17.2 Å². The SMILES string of the molecule is O=C(NC[C@@H]1COc2ccccc2C1)NC[C@H](O)c1ccccc1. The van der Waals surface area contributed by atoms with Crippen LogP contribution in [0.25, 0.3) is 0 Å². The summed E-state index contributed by atoms with van der Waals surface area (Å²) in [6.07, 6.45) is 0.185. The molecule has 1 aliphatic rings. The number of rotatable bonds is 5. The Morgan fingerprint density at radius 3 is 2.71 bits per heavy atom. The van der Waals surface area contributed by atoms with Crippen molar-refractivity contribution in [3.8, 4) is 5.75 Å². The average Bonchev–Trinajstić information content (AvgIpc) is 2.65. The second-order valence-electron chi connectivity index (χ2n) is 6.01. The van der Waals surface area contributed by atoms with Gasteiger partial charge in [0.25, 0.3) is 0 Å². The monoisotopic (exact) mass is 326 g/mol. The molecule has 2 aromatic rings. The zero-order valence-electron chi connectivity index (χ0n) is 13.4.